The molecule has 3 N–H and O–H groups in total. The fourth-order valence-corrected chi connectivity index (χ4v) is 1.13. The lowest BCUT2D eigenvalue weighted by molar-refractivity contribution is 0.0997. The molecule has 0 unspecified atom stereocenters. The smallest absolute Gasteiger partial charge is 0.252 e. The topological polar surface area (TPSA) is 72.5 Å². The second kappa shape index (κ2) is 3.53. The number of halogens is 1. The van der Waals surface area contributed by atoms with Gasteiger partial charge in [0.15, 0.2) is 11.5 Å². The fourth-order valence-electron chi connectivity index (χ4n) is 0.918. The van der Waals surface area contributed by atoms with Crippen LogP contribution in [-0.2, 0) is 0 Å². The molecule has 0 aliphatic carbocycles. The number of hydrogen-bond acceptors (Lipinski definition) is 3. The van der Waals surface area contributed by atoms with Crippen LogP contribution in [0.1, 0.15) is 10.4 Å². The van der Waals surface area contributed by atoms with Crippen LogP contribution in [0, 0.1) is 0 Å². The van der Waals surface area contributed by atoms with Crippen LogP contribution in [0.5, 0.6) is 11.5 Å². The molecule has 0 atom stereocenters. The number of carbonyl (C=O) groups excluding carboxylic acids is 1. The highest BCUT2D eigenvalue weighted by Crippen LogP contribution is 2.32. The van der Waals surface area contributed by atoms with E-state index in [1.165, 1.54) is 19.2 Å². The zero-order chi connectivity index (χ0) is 10.0. The van der Waals surface area contributed by atoms with E-state index in [2.05, 4.69) is 0 Å². The van der Waals surface area contributed by atoms with Crippen molar-refractivity contribution < 1.29 is 14.6 Å². The number of phenols is 1. The van der Waals surface area contributed by atoms with Crippen molar-refractivity contribution in [3.63, 3.8) is 0 Å². The van der Waals surface area contributed by atoms with Crippen molar-refractivity contribution in [1.82, 2.24) is 0 Å². The summed E-state index contributed by atoms with van der Waals surface area (Å²) in [6.07, 6.45) is 0. The minimum absolute atomic E-state index is 0.0515. The van der Waals surface area contributed by atoms with Crippen LogP contribution in [0.15, 0.2) is 12.1 Å². The summed E-state index contributed by atoms with van der Waals surface area (Å²) in [5, 5.41) is 9.68. The summed E-state index contributed by atoms with van der Waals surface area (Å²) in [5.41, 5.74) is 4.94. The van der Waals surface area contributed by atoms with Gasteiger partial charge in [-0.1, -0.05) is 11.6 Å². The van der Waals surface area contributed by atoms with Crippen molar-refractivity contribution in [2.75, 3.05) is 7.11 Å². The van der Waals surface area contributed by atoms with Crippen molar-refractivity contribution >= 4 is 17.5 Å². The lowest BCUT2D eigenvalue weighted by Crippen LogP contribution is -2.11. The molecule has 0 aliphatic rings. The Bertz CT molecular complexity index is 351. The molecule has 0 saturated heterocycles. The number of aromatic hydroxyl groups is 1. The minimum atomic E-state index is -0.752. The molecule has 0 saturated carbocycles. The van der Waals surface area contributed by atoms with Crippen LogP contribution in [0.25, 0.3) is 0 Å². The number of hydrogen-bond donors (Lipinski definition) is 2. The molecular weight excluding hydrogens is 194 g/mol. The monoisotopic (exact) mass is 201 g/mol. The van der Waals surface area contributed by atoms with Gasteiger partial charge in [-0.2, -0.15) is 0 Å². The number of methoxy groups -OCH3 is 1. The molecule has 5 heteroatoms. The molecule has 1 amide bonds. The van der Waals surface area contributed by atoms with Crippen LogP contribution in [0.3, 0.4) is 0 Å². The lowest BCUT2D eigenvalue weighted by atomic mass is 10.2. The molecule has 1 aromatic rings. The average Bonchev–Trinajstić information content (AvgIpc) is 2.08. The van der Waals surface area contributed by atoms with Gasteiger partial charge in [0.25, 0.3) is 5.91 Å². The standard InChI is InChI=1S/C8H8ClNO3/c1-13-6-3-4(9)2-5(7(6)11)8(10)12/h2-3,11H,1H3,(H2,10,12). The van der Waals surface area contributed by atoms with Gasteiger partial charge in [0.05, 0.1) is 12.7 Å². The Morgan fingerprint density at radius 2 is 2.23 bits per heavy atom. The first-order valence-corrected chi connectivity index (χ1v) is 3.80. The molecule has 0 spiro atoms. The molecule has 1 rings (SSSR count). The molecule has 0 aliphatic heterocycles. The van der Waals surface area contributed by atoms with Gasteiger partial charge in [-0.3, -0.25) is 4.79 Å². The van der Waals surface area contributed by atoms with Crippen molar-refractivity contribution in [1.29, 1.82) is 0 Å². The summed E-state index contributed by atoms with van der Waals surface area (Å²) in [4.78, 5) is 10.8. The van der Waals surface area contributed by atoms with Gasteiger partial charge in [-0.15, -0.1) is 0 Å². The van der Waals surface area contributed by atoms with E-state index in [1.807, 2.05) is 0 Å². The van der Waals surface area contributed by atoms with Crippen molar-refractivity contribution in [3.8, 4) is 11.5 Å². The molecule has 1 aromatic carbocycles. The molecular formula is C8H8ClNO3. The third kappa shape index (κ3) is 1.84. The van der Waals surface area contributed by atoms with Crippen LogP contribution < -0.4 is 10.5 Å². The second-order valence-electron chi connectivity index (χ2n) is 2.37. The predicted molar refractivity (Wildman–Crippen MR) is 48.2 cm³/mol. The highest BCUT2D eigenvalue weighted by atomic mass is 35.5. The summed E-state index contributed by atoms with van der Waals surface area (Å²) < 4.78 is 4.77. The maximum atomic E-state index is 10.8. The Kier molecular flexibility index (Phi) is 2.63. The number of carbonyl (C=O) groups is 1. The maximum absolute atomic E-state index is 10.8. The van der Waals surface area contributed by atoms with Crippen molar-refractivity contribution in [3.05, 3.63) is 22.7 Å². The SMILES string of the molecule is COc1cc(Cl)cc(C(N)=O)c1O. The van der Waals surface area contributed by atoms with Gasteiger partial charge in [0.2, 0.25) is 0 Å². The Hall–Kier alpha value is -1.42. The summed E-state index contributed by atoms with van der Waals surface area (Å²) in [6.45, 7) is 0. The van der Waals surface area contributed by atoms with Gasteiger partial charge in [-0.05, 0) is 6.07 Å². The van der Waals surface area contributed by atoms with Crippen LogP contribution >= 0.6 is 11.6 Å². The van der Waals surface area contributed by atoms with Gasteiger partial charge in [0, 0.05) is 11.1 Å². The Morgan fingerprint density at radius 3 is 2.69 bits per heavy atom. The summed E-state index contributed by atoms with van der Waals surface area (Å²) >= 11 is 5.65. The third-order valence-electron chi connectivity index (χ3n) is 1.53. The van der Waals surface area contributed by atoms with Crippen LogP contribution in [-0.4, -0.2) is 18.1 Å². The van der Waals surface area contributed by atoms with Gasteiger partial charge in [0.1, 0.15) is 0 Å². The fraction of sp³-hybridized carbons (Fsp3) is 0.125. The molecule has 4 nitrogen and oxygen atoms in total. The predicted octanol–water partition coefficient (Wildman–Crippen LogP) is 1.15. The highest BCUT2D eigenvalue weighted by molar-refractivity contribution is 6.31. The first-order chi connectivity index (χ1) is 6.06. The van der Waals surface area contributed by atoms with Crippen molar-refractivity contribution in [2.45, 2.75) is 0 Å². The Labute approximate surface area is 79.9 Å². The number of benzene rings is 1. The van der Waals surface area contributed by atoms with Crippen LogP contribution in [0.2, 0.25) is 5.02 Å². The molecule has 0 bridgehead atoms. The van der Waals surface area contributed by atoms with Crippen LogP contribution in [0.4, 0.5) is 0 Å². The van der Waals surface area contributed by atoms with E-state index in [1.54, 1.807) is 0 Å². The Morgan fingerprint density at radius 1 is 1.62 bits per heavy atom. The minimum Gasteiger partial charge on any atom is -0.504 e. The van der Waals surface area contributed by atoms with E-state index < -0.39 is 5.91 Å². The zero-order valence-corrected chi connectivity index (χ0v) is 7.63. The van der Waals surface area contributed by atoms with E-state index >= 15 is 0 Å². The van der Waals surface area contributed by atoms with Gasteiger partial charge >= 0.3 is 0 Å². The van der Waals surface area contributed by atoms with E-state index in [-0.39, 0.29) is 22.1 Å². The highest BCUT2D eigenvalue weighted by Gasteiger charge is 2.13. The molecule has 70 valence electrons. The van der Waals surface area contributed by atoms with E-state index in [0.717, 1.165) is 0 Å². The Balaban J connectivity index is 3.35. The molecule has 0 heterocycles. The summed E-state index contributed by atoms with van der Waals surface area (Å²) in [5.74, 6) is -0.918. The normalized spacial score (nSPS) is 9.69. The summed E-state index contributed by atoms with van der Waals surface area (Å²) in [6, 6.07) is 2.67. The first-order valence-electron chi connectivity index (χ1n) is 3.42. The zero-order valence-electron chi connectivity index (χ0n) is 6.87. The largest absolute Gasteiger partial charge is 0.504 e. The number of primary amides is 1. The molecule has 0 aromatic heterocycles. The third-order valence-corrected chi connectivity index (χ3v) is 1.74. The number of ether oxygens (including phenoxy) is 1. The molecule has 0 fully saturated rings. The van der Waals surface area contributed by atoms with Crippen molar-refractivity contribution in [2.24, 2.45) is 5.73 Å². The maximum Gasteiger partial charge on any atom is 0.252 e. The number of nitrogens with two attached hydrogens (primary N) is 1. The number of rotatable bonds is 2. The molecule has 13 heavy (non-hydrogen) atoms. The van der Waals surface area contributed by atoms with E-state index in [4.69, 9.17) is 22.1 Å². The van der Waals surface area contributed by atoms with E-state index in [0.29, 0.717) is 0 Å². The second-order valence-corrected chi connectivity index (χ2v) is 2.80. The van der Waals surface area contributed by atoms with E-state index in [9.17, 15) is 9.90 Å². The first kappa shape index (κ1) is 9.67. The molecule has 0 radical (unpaired) electrons. The number of amides is 1. The van der Waals surface area contributed by atoms with Gasteiger partial charge < -0.3 is 15.6 Å². The summed E-state index contributed by atoms with van der Waals surface area (Å²) in [7, 11) is 1.36. The lowest BCUT2D eigenvalue weighted by Gasteiger charge is -2.06. The quantitative estimate of drug-likeness (QED) is 0.754. The average molecular weight is 202 g/mol. The van der Waals surface area contributed by atoms with Gasteiger partial charge in [-0.25, -0.2) is 0 Å².